The van der Waals surface area contributed by atoms with E-state index in [1.165, 1.54) is 10.6 Å². The minimum Gasteiger partial charge on any atom is -0.456 e. The minimum atomic E-state index is 0.923. The Labute approximate surface area is 81.7 Å². The topological polar surface area (TPSA) is 16.4 Å². The van der Waals surface area contributed by atoms with Crippen LogP contribution in [0.25, 0.3) is 23.2 Å². The van der Waals surface area contributed by atoms with Gasteiger partial charge in [-0.2, -0.15) is 0 Å². The summed E-state index contributed by atoms with van der Waals surface area (Å²) in [5.74, 6) is 0. The molecule has 2 nitrogen and oxygen atoms in total. The SMILES string of the molecule is CN1C=c2c(oc3ccccc23)=CC1. The fourth-order valence-electron chi connectivity index (χ4n) is 1.87. The maximum absolute atomic E-state index is 5.73. The summed E-state index contributed by atoms with van der Waals surface area (Å²) < 4.78 is 5.73. The molecule has 1 aromatic heterocycles. The number of hydrogen-bond acceptors (Lipinski definition) is 2. The van der Waals surface area contributed by atoms with Gasteiger partial charge >= 0.3 is 0 Å². The van der Waals surface area contributed by atoms with Crippen molar-refractivity contribution in [3.8, 4) is 0 Å². The fourth-order valence-corrected chi connectivity index (χ4v) is 1.87. The normalized spacial score (nSPS) is 14.8. The molecule has 2 heterocycles. The second-order valence-electron chi connectivity index (χ2n) is 3.65. The first-order valence-corrected chi connectivity index (χ1v) is 4.74. The Morgan fingerprint density at radius 3 is 3.07 bits per heavy atom. The minimum absolute atomic E-state index is 0.923. The van der Waals surface area contributed by atoms with Crippen molar-refractivity contribution in [2.75, 3.05) is 13.6 Å². The van der Waals surface area contributed by atoms with Gasteiger partial charge < -0.3 is 9.32 Å². The van der Waals surface area contributed by atoms with E-state index in [0.29, 0.717) is 0 Å². The van der Waals surface area contributed by atoms with Crippen LogP contribution < -0.4 is 10.6 Å². The maximum Gasteiger partial charge on any atom is 0.135 e. The lowest BCUT2D eigenvalue weighted by Crippen LogP contribution is -2.31. The smallest absolute Gasteiger partial charge is 0.135 e. The third-order valence-corrected chi connectivity index (χ3v) is 2.58. The van der Waals surface area contributed by atoms with Crippen LogP contribution in [0.15, 0.2) is 28.7 Å². The molecule has 0 radical (unpaired) electrons. The summed E-state index contributed by atoms with van der Waals surface area (Å²) >= 11 is 0. The molecule has 0 saturated carbocycles. The Balaban J connectivity index is 2.54. The highest BCUT2D eigenvalue weighted by atomic mass is 16.3. The molecule has 0 atom stereocenters. The Kier molecular flexibility index (Phi) is 1.45. The molecule has 0 spiro atoms. The summed E-state index contributed by atoms with van der Waals surface area (Å²) in [5, 5.41) is 2.40. The lowest BCUT2D eigenvalue weighted by molar-refractivity contribution is 0.530. The number of benzene rings is 1. The van der Waals surface area contributed by atoms with Crippen molar-refractivity contribution in [3.63, 3.8) is 0 Å². The van der Waals surface area contributed by atoms with Crippen molar-refractivity contribution in [2.24, 2.45) is 0 Å². The van der Waals surface area contributed by atoms with Crippen LogP contribution in [-0.4, -0.2) is 18.5 Å². The van der Waals surface area contributed by atoms with E-state index in [9.17, 15) is 0 Å². The molecule has 2 aromatic rings. The van der Waals surface area contributed by atoms with E-state index in [-0.39, 0.29) is 0 Å². The molecule has 0 N–H and O–H groups in total. The van der Waals surface area contributed by atoms with Crippen LogP contribution in [0.4, 0.5) is 0 Å². The highest BCUT2D eigenvalue weighted by molar-refractivity contribution is 5.79. The monoisotopic (exact) mass is 185 g/mol. The zero-order chi connectivity index (χ0) is 9.54. The van der Waals surface area contributed by atoms with Crippen LogP contribution in [0.3, 0.4) is 0 Å². The first kappa shape index (κ1) is 7.68. The van der Waals surface area contributed by atoms with Crippen LogP contribution >= 0.6 is 0 Å². The number of para-hydroxylation sites is 1. The van der Waals surface area contributed by atoms with Crippen molar-refractivity contribution < 1.29 is 4.42 Å². The zero-order valence-corrected chi connectivity index (χ0v) is 8.03. The van der Waals surface area contributed by atoms with Gasteiger partial charge in [-0.05, 0) is 12.1 Å². The summed E-state index contributed by atoms with van der Waals surface area (Å²) in [6.07, 6.45) is 4.26. The van der Waals surface area contributed by atoms with Crippen LogP contribution in [0.1, 0.15) is 0 Å². The molecular formula is C12H11NO. The van der Waals surface area contributed by atoms with Gasteiger partial charge in [-0.15, -0.1) is 0 Å². The molecule has 70 valence electrons. The highest BCUT2D eigenvalue weighted by Gasteiger charge is 2.05. The van der Waals surface area contributed by atoms with Crippen molar-refractivity contribution in [1.29, 1.82) is 0 Å². The van der Waals surface area contributed by atoms with E-state index >= 15 is 0 Å². The number of hydrogen-bond donors (Lipinski definition) is 0. The molecule has 0 unspecified atom stereocenters. The van der Waals surface area contributed by atoms with Gasteiger partial charge in [0.2, 0.25) is 0 Å². The van der Waals surface area contributed by atoms with Gasteiger partial charge in [0.15, 0.2) is 0 Å². The molecular weight excluding hydrogens is 174 g/mol. The lowest BCUT2D eigenvalue weighted by Gasteiger charge is -2.11. The van der Waals surface area contributed by atoms with Crippen LogP contribution in [0.2, 0.25) is 0 Å². The van der Waals surface area contributed by atoms with Gasteiger partial charge in [0, 0.05) is 30.4 Å². The number of nitrogens with zero attached hydrogens (tertiary/aromatic N) is 1. The first-order valence-electron chi connectivity index (χ1n) is 4.74. The van der Waals surface area contributed by atoms with E-state index in [1.807, 2.05) is 18.2 Å². The number of rotatable bonds is 0. The molecule has 14 heavy (non-hydrogen) atoms. The zero-order valence-electron chi connectivity index (χ0n) is 8.03. The fraction of sp³-hybridized carbons (Fsp3) is 0.167. The molecule has 0 aliphatic carbocycles. The Morgan fingerprint density at radius 2 is 2.14 bits per heavy atom. The van der Waals surface area contributed by atoms with Gasteiger partial charge in [0.05, 0.1) is 0 Å². The Bertz CT molecular complexity index is 594. The van der Waals surface area contributed by atoms with Gasteiger partial charge in [-0.25, -0.2) is 0 Å². The van der Waals surface area contributed by atoms with Gasteiger partial charge in [-0.1, -0.05) is 18.2 Å². The summed E-state index contributed by atoms with van der Waals surface area (Å²) in [7, 11) is 2.07. The second kappa shape index (κ2) is 2.64. The van der Waals surface area contributed by atoms with Gasteiger partial charge in [0.25, 0.3) is 0 Å². The molecule has 3 rings (SSSR count). The molecule has 1 aromatic carbocycles. The molecule has 1 aliphatic heterocycles. The molecule has 0 saturated heterocycles. The molecule has 1 aliphatic rings. The third kappa shape index (κ3) is 0.970. The molecule has 0 bridgehead atoms. The first-order chi connectivity index (χ1) is 6.84. The average molecular weight is 185 g/mol. The van der Waals surface area contributed by atoms with E-state index in [1.54, 1.807) is 0 Å². The quantitative estimate of drug-likeness (QED) is 0.606. The molecule has 2 heteroatoms. The standard InChI is InChI=1S/C12H11NO/c1-13-7-6-12-10(8-13)9-4-2-3-5-11(9)14-12/h2-6,8H,7H2,1H3. The molecule has 0 amide bonds. The van der Waals surface area contributed by atoms with E-state index in [2.05, 4.69) is 30.3 Å². The van der Waals surface area contributed by atoms with Crippen molar-refractivity contribution >= 4 is 23.2 Å². The number of furan rings is 1. The second-order valence-corrected chi connectivity index (χ2v) is 3.65. The highest BCUT2D eigenvalue weighted by Crippen LogP contribution is 2.07. The van der Waals surface area contributed by atoms with E-state index in [0.717, 1.165) is 17.5 Å². The van der Waals surface area contributed by atoms with Gasteiger partial charge in [0.1, 0.15) is 11.0 Å². The Hall–Kier alpha value is -1.70. The van der Waals surface area contributed by atoms with Crippen LogP contribution in [0.5, 0.6) is 0 Å². The molecule has 0 fully saturated rings. The summed E-state index contributed by atoms with van der Waals surface area (Å²) in [6, 6.07) is 8.15. The van der Waals surface area contributed by atoms with Crippen LogP contribution in [0, 0.1) is 0 Å². The van der Waals surface area contributed by atoms with Crippen LogP contribution in [-0.2, 0) is 0 Å². The summed E-state index contributed by atoms with van der Waals surface area (Å²) in [4.78, 5) is 2.16. The largest absolute Gasteiger partial charge is 0.456 e. The lowest BCUT2D eigenvalue weighted by atomic mass is 10.2. The summed E-state index contributed by atoms with van der Waals surface area (Å²) in [5.41, 5.74) is 1.98. The summed E-state index contributed by atoms with van der Waals surface area (Å²) in [6.45, 7) is 0.923. The van der Waals surface area contributed by atoms with E-state index < -0.39 is 0 Å². The maximum atomic E-state index is 5.73. The van der Waals surface area contributed by atoms with Crippen molar-refractivity contribution in [1.82, 2.24) is 4.90 Å². The average Bonchev–Trinajstić information content (AvgIpc) is 2.56. The van der Waals surface area contributed by atoms with Gasteiger partial charge in [-0.3, -0.25) is 0 Å². The number of fused-ring (bicyclic) bond motifs is 3. The predicted octanol–water partition coefficient (Wildman–Crippen LogP) is 0.897. The Morgan fingerprint density at radius 1 is 1.29 bits per heavy atom. The predicted molar refractivity (Wildman–Crippen MR) is 57.0 cm³/mol. The van der Waals surface area contributed by atoms with Crippen molar-refractivity contribution in [3.05, 3.63) is 34.9 Å². The third-order valence-electron chi connectivity index (χ3n) is 2.58. The van der Waals surface area contributed by atoms with E-state index in [4.69, 9.17) is 4.42 Å². The van der Waals surface area contributed by atoms with Crippen molar-refractivity contribution in [2.45, 2.75) is 0 Å².